The molecule has 0 spiro atoms. The van der Waals surface area contributed by atoms with Crippen LogP contribution in [0.4, 0.5) is 0 Å². The summed E-state index contributed by atoms with van der Waals surface area (Å²) in [5.41, 5.74) is 3.52. The van der Waals surface area contributed by atoms with Crippen LogP contribution in [0.2, 0.25) is 0 Å². The summed E-state index contributed by atoms with van der Waals surface area (Å²) in [6.45, 7) is 10.8. The highest BCUT2D eigenvalue weighted by Gasteiger charge is 2.12. The number of pyridine rings is 1. The molecule has 2 nitrogen and oxygen atoms in total. The van der Waals surface area contributed by atoms with Crippen molar-refractivity contribution in [3.05, 3.63) is 45.7 Å². The Morgan fingerprint density at radius 3 is 2.42 bits per heavy atom. The molecule has 102 valence electrons. The van der Waals surface area contributed by atoms with Gasteiger partial charge < -0.3 is 4.98 Å². The van der Waals surface area contributed by atoms with E-state index in [0.29, 0.717) is 5.92 Å². The first-order valence-corrected chi connectivity index (χ1v) is 6.92. The number of nitrogens with one attached hydrogen (secondary N) is 1. The lowest BCUT2D eigenvalue weighted by Gasteiger charge is -2.18. The number of hydrogen-bond acceptors (Lipinski definition) is 1. The number of aromatic amines is 1. The molecule has 1 aromatic heterocycles. The third kappa shape index (κ3) is 3.25. The maximum Gasteiger partial charge on any atom is 0.189 e. The van der Waals surface area contributed by atoms with Crippen LogP contribution in [-0.4, -0.2) is 4.98 Å². The summed E-state index contributed by atoms with van der Waals surface area (Å²) in [5, 5.41) is 0.797. The van der Waals surface area contributed by atoms with Crippen LogP contribution in [0.15, 0.2) is 29.1 Å². The van der Waals surface area contributed by atoms with Crippen molar-refractivity contribution >= 4 is 10.9 Å². The van der Waals surface area contributed by atoms with Crippen molar-refractivity contribution in [3.8, 4) is 0 Å². The van der Waals surface area contributed by atoms with Crippen LogP contribution < -0.4 is 5.43 Å². The lowest BCUT2D eigenvalue weighted by atomic mass is 9.88. The van der Waals surface area contributed by atoms with E-state index < -0.39 is 0 Å². The van der Waals surface area contributed by atoms with Crippen molar-refractivity contribution in [2.45, 2.75) is 47.0 Å². The first-order valence-electron chi connectivity index (χ1n) is 6.92. The van der Waals surface area contributed by atoms with Gasteiger partial charge in [0.05, 0.1) is 0 Å². The van der Waals surface area contributed by atoms with Crippen LogP contribution in [0.1, 0.15) is 51.8 Å². The van der Waals surface area contributed by atoms with E-state index in [0.717, 1.165) is 23.0 Å². The van der Waals surface area contributed by atoms with E-state index >= 15 is 0 Å². The highest BCUT2D eigenvalue weighted by atomic mass is 16.1. The molecule has 0 radical (unpaired) electrons. The Hall–Kier alpha value is -1.57. The normalized spacial score (nSPS) is 12.3. The highest BCUT2D eigenvalue weighted by Crippen LogP contribution is 2.22. The third-order valence-corrected chi connectivity index (χ3v) is 3.27. The van der Waals surface area contributed by atoms with E-state index in [1.54, 1.807) is 6.07 Å². The van der Waals surface area contributed by atoms with Gasteiger partial charge in [-0.05, 0) is 35.4 Å². The SMILES string of the molecule is CC(C)c1cc(=O)c2cc(CC(C)(C)C)ccc2[nH]1. The Balaban J connectivity index is 2.53. The van der Waals surface area contributed by atoms with Crippen molar-refractivity contribution in [2.24, 2.45) is 5.41 Å². The lowest BCUT2D eigenvalue weighted by molar-refractivity contribution is 0.411. The molecule has 0 atom stereocenters. The van der Waals surface area contributed by atoms with E-state index in [2.05, 4.69) is 45.7 Å². The number of fused-ring (bicyclic) bond motifs is 1. The van der Waals surface area contributed by atoms with E-state index in [4.69, 9.17) is 0 Å². The molecular weight excluding hydrogens is 234 g/mol. The standard InChI is InChI=1S/C17H23NO/c1-11(2)15-9-16(19)13-8-12(10-17(3,4)5)6-7-14(13)18-15/h6-9,11H,10H2,1-5H3,(H,18,19). The molecule has 1 heterocycles. The topological polar surface area (TPSA) is 32.9 Å². The van der Waals surface area contributed by atoms with Crippen LogP contribution in [0, 0.1) is 5.41 Å². The summed E-state index contributed by atoms with van der Waals surface area (Å²) in [5.74, 6) is 0.339. The van der Waals surface area contributed by atoms with Gasteiger partial charge in [-0.2, -0.15) is 0 Å². The van der Waals surface area contributed by atoms with Crippen LogP contribution in [0.25, 0.3) is 10.9 Å². The minimum Gasteiger partial charge on any atom is -0.358 e. The number of H-pyrrole nitrogens is 1. The molecule has 0 aliphatic heterocycles. The molecule has 0 unspecified atom stereocenters. The Labute approximate surface area is 114 Å². The third-order valence-electron chi connectivity index (χ3n) is 3.27. The minimum absolute atomic E-state index is 0.119. The quantitative estimate of drug-likeness (QED) is 0.857. The van der Waals surface area contributed by atoms with Gasteiger partial charge in [0.25, 0.3) is 0 Å². The number of aromatic nitrogens is 1. The van der Waals surface area contributed by atoms with Crippen LogP contribution in [0.3, 0.4) is 0 Å². The van der Waals surface area contributed by atoms with Gasteiger partial charge in [-0.3, -0.25) is 4.79 Å². The van der Waals surface area contributed by atoms with Gasteiger partial charge in [-0.1, -0.05) is 40.7 Å². The zero-order valence-corrected chi connectivity index (χ0v) is 12.5. The molecule has 2 heteroatoms. The summed E-state index contributed by atoms with van der Waals surface area (Å²) in [4.78, 5) is 15.6. The summed E-state index contributed by atoms with van der Waals surface area (Å²) in [6.07, 6.45) is 0.980. The largest absolute Gasteiger partial charge is 0.358 e. The number of hydrogen-bond donors (Lipinski definition) is 1. The van der Waals surface area contributed by atoms with Crippen molar-refractivity contribution in [1.29, 1.82) is 0 Å². The molecule has 2 aromatic rings. The second-order valence-electron chi connectivity index (χ2n) is 6.86. The van der Waals surface area contributed by atoms with E-state index in [9.17, 15) is 4.79 Å². The molecule has 0 fully saturated rings. The fourth-order valence-corrected chi connectivity index (χ4v) is 2.35. The van der Waals surface area contributed by atoms with Gasteiger partial charge >= 0.3 is 0 Å². The predicted molar refractivity (Wildman–Crippen MR) is 81.8 cm³/mol. The van der Waals surface area contributed by atoms with Crippen LogP contribution in [0.5, 0.6) is 0 Å². The summed E-state index contributed by atoms with van der Waals surface area (Å²) in [6, 6.07) is 7.91. The van der Waals surface area contributed by atoms with Crippen LogP contribution >= 0.6 is 0 Å². The summed E-state index contributed by atoms with van der Waals surface area (Å²) >= 11 is 0. The van der Waals surface area contributed by atoms with Crippen LogP contribution in [-0.2, 0) is 6.42 Å². The van der Waals surface area contributed by atoms with E-state index in [1.165, 1.54) is 5.56 Å². The average Bonchev–Trinajstić information content (AvgIpc) is 2.27. The Morgan fingerprint density at radius 1 is 1.16 bits per heavy atom. The zero-order chi connectivity index (χ0) is 14.2. The zero-order valence-electron chi connectivity index (χ0n) is 12.5. The summed E-state index contributed by atoms with van der Waals surface area (Å²) < 4.78 is 0. The molecule has 0 aliphatic carbocycles. The molecule has 1 aromatic carbocycles. The van der Waals surface area contributed by atoms with Gasteiger partial charge in [-0.15, -0.1) is 0 Å². The second kappa shape index (κ2) is 4.84. The lowest BCUT2D eigenvalue weighted by Crippen LogP contribution is -2.11. The molecule has 0 amide bonds. The number of rotatable bonds is 2. The molecule has 0 aliphatic rings. The molecule has 2 rings (SSSR count). The molecule has 19 heavy (non-hydrogen) atoms. The molecular formula is C17H23NO. The van der Waals surface area contributed by atoms with Crippen molar-refractivity contribution in [2.75, 3.05) is 0 Å². The van der Waals surface area contributed by atoms with Gasteiger partial charge in [0.1, 0.15) is 0 Å². The number of benzene rings is 1. The second-order valence-corrected chi connectivity index (χ2v) is 6.86. The van der Waals surface area contributed by atoms with Crippen molar-refractivity contribution < 1.29 is 0 Å². The maximum absolute atomic E-state index is 12.2. The molecule has 0 saturated heterocycles. The Kier molecular flexibility index (Phi) is 3.53. The van der Waals surface area contributed by atoms with E-state index in [-0.39, 0.29) is 10.8 Å². The van der Waals surface area contributed by atoms with E-state index in [1.807, 2.05) is 12.1 Å². The maximum atomic E-state index is 12.2. The first kappa shape index (κ1) is 13.9. The van der Waals surface area contributed by atoms with Gasteiger partial charge in [0.2, 0.25) is 0 Å². The van der Waals surface area contributed by atoms with Gasteiger partial charge in [0.15, 0.2) is 5.43 Å². The highest BCUT2D eigenvalue weighted by molar-refractivity contribution is 5.79. The minimum atomic E-state index is 0.119. The molecule has 0 saturated carbocycles. The summed E-state index contributed by atoms with van der Waals surface area (Å²) in [7, 11) is 0. The van der Waals surface area contributed by atoms with Gasteiger partial charge in [0, 0.05) is 22.7 Å². The van der Waals surface area contributed by atoms with Gasteiger partial charge in [-0.25, -0.2) is 0 Å². The fraction of sp³-hybridized carbons (Fsp3) is 0.471. The fourth-order valence-electron chi connectivity index (χ4n) is 2.35. The molecule has 0 bridgehead atoms. The predicted octanol–water partition coefficient (Wildman–Crippen LogP) is 4.24. The van der Waals surface area contributed by atoms with Crippen molar-refractivity contribution in [3.63, 3.8) is 0 Å². The van der Waals surface area contributed by atoms with Crippen molar-refractivity contribution in [1.82, 2.24) is 4.98 Å². The smallest absolute Gasteiger partial charge is 0.189 e. The average molecular weight is 257 g/mol. The Morgan fingerprint density at radius 2 is 1.84 bits per heavy atom. The molecule has 1 N–H and O–H groups in total. The Bertz CT molecular complexity index is 644. The monoisotopic (exact) mass is 257 g/mol. The first-order chi connectivity index (χ1) is 8.76.